The lowest BCUT2D eigenvalue weighted by Crippen LogP contribution is -2.35. The predicted octanol–water partition coefficient (Wildman–Crippen LogP) is 2.05. The molecule has 1 fully saturated rings. The van der Waals surface area contributed by atoms with Gasteiger partial charge in [0.25, 0.3) is 0 Å². The molecule has 1 aromatic carbocycles. The number of amides is 1. The van der Waals surface area contributed by atoms with Gasteiger partial charge in [0.15, 0.2) is 0 Å². The van der Waals surface area contributed by atoms with Gasteiger partial charge in [0.1, 0.15) is 11.9 Å². The van der Waals surface area contributed by atoms with Gasteiger partial charge in [0.05, 0.1) is 13.2 Å². The third kappa shape index (κ3) is 2.82. The number of benzene rings is 1. The van der Waals surface area contributed by atoms with Crippen LogP contribution in [-0.4, -0.2) is 25.7 Å². The quantitative estimate of drug-likeness (QED) is 0.888. The summed E-state index contributed by atoms with van der Waals surface area (Å²) in [4.78, 5) is 12.0. The summed E-state index contributed by atoms with van der Waals surface area (Å²) in [5, 5.41) is 2.97. The highest BCUT2D eigenvalue weighted by molar-refractivity contribution is 5.81. The zero-order valence-electron chi connectivity index (χ0n) is 10.8. The number of para-hydroxylation sites is 1. The fraction of sp³-hybridized carbons (Fsp3) is 0.500. The summed E-state index contributed by atoms with van der Waals surface area (Å²) in [5.74, 6) is 0.753. The van der Waals surface area contributed by atoms with Crippen molar-refractivity contribution in [1.82, 2.24) is 5.32 Å². The molecule has 18 heavy (non-hydrogen) atoms. The van der Waals surface area contributed by atoms with Gasteiger partial charge in [-0.3, -0.25) is 4.79 Å². The first kappa shape index (κ1) is 12.9. The van der Waals surface area contributed by atoms with E-state index in [0.717, 1.165) is 24.2 Å². The summed E-state index contributed by atoms with van der Waals surface area (Å²) in [6.07, 6.45) is 1.48. The van der Waals surface area contributed by atoms with E-state index in [9.17, 15) is 4.79 Å². The van der Waals surface area contributed by atoms with Crippen LogP contribution in [0.25, 0.3) is 0 Å². The van der Waals surface area contributed by atoms with Crippen LogP contribution < -0.4 is 10.1 Å². The molecule has 1 heterocycles. The monoisotopic (exact) mass is 249 g/mol. The molecular formula is C14H19NO3. The molecule has 0 unspecified atom stereocenters. The van der Waals surface area contributed by atoms with Gasteiger partial charge in [-0.1, -0.05) is 18.2 Å². The highest BCUT2D eigenvalue weighted by Crippen LogP contribution is 2.24. The number of ether oxygens (including phenoxy) is 2. The number of nitrogens with one attached hydrogen (secondary N) is 1. The largest absolute Gasteiger partial charge is 0.496 e. The Morgan fingerprint density at radius 1 is 1.50 bits per heavy atom. The Bertz CT molecular complexity index is 413. The molecule has 1 aliphatic heterocycles. The van der Waals surface area contributed by atoms with Gasteiger partial charge in [-0.15, -0.1) is 0 Å². The van der Waals surface area contributed by atoms with E-state index >= 15 is 0 Å². The van der Waals surface area contributed by atoms with Crippen LogP contribution in [0.5, 0.6) is 5.75 Å². The van der Waals surface area contributed by atoms with Crippen LogP contribution in [0.2, 0.25) is 0 Å². The van der Waals surface area contributed by atoms with E-state index in [1.165, 1.54) is 0 Å². The van der Waals surface area contributed by atoms with E-state index in [2.05, 4.69) is 5.32 Å². The van der Waals surface area contributed by atoms with Gasteiger partial charge in [-0.2, -0.15) is 0 Å². The van der Waals surface area contributed by atoms with E-state index in [-0.39, 0.29) is 18.1 Å². The average molecular weight is 249 g/mol. The second-order valence-electron chi connectivity index (χ2n) is 4.47. The first-order valence-corrected chi connectivity index (χ1v) is 6.27. The maximum atomic E-state index is 12.0. The van der Waals surface area contributed by atoms with Crippen molar-refractivity contribution in [2.75, 3.05) is 13.7 Å². The number of rotatable bonds is 4. The topological polar surface area (TPSA) is 47.6 Å². The maximum Gasteiger partial charge on any atom is 0.249 e. The van der Waals surface area contributed by atoms with Crippen LogP contribution in [0, 0.1) is 0 Å². The fourth-order valence-electron chi connectivity index (χ4n) is 2.19. The van der Waals surface area contributed by atoms with Crippen LogP contribution in [0.4, 0.5) is 0 Å². The number of methoxy groups -OCH3 is 1. The summed E-state index contributed by atoms with van der Waals surface area (Å²) >= 11 is 0. The Labute approximate surface area is 107 Å². The number of hydrogen-bond acceptors (Lipinski definition) is 3. The Balaban J connectivity index is 2.02. The van der Waals surface area contributed by atoms with Gasteiger partial charge in [-0.25, -0.2) is 0 Å². The molecule has 0 aliphatic carbocycles. The Morgan fingerprint density at radius 2 is 2.28 bits per heavy atom. The SMILES string of the molecule is COc1ccccc1[C@@H](C)NC(=O)[C@H]1CCCO1. The summed E-state index contributed by atoms with van der Waals surface area (Å²) in [7, 11) is 1.63. The second-order valence-corrected chi connectivity index (χ2v) is 4.47. The molecule has 0 radical (unpaired) electrons. The minimum Gasteiger partial charge on any atom is -0.496 e. The van der Waals surface area contributed by atoms with Crippen molar-refractivity contribution >= 4 is 5.91 Å². The van der Waals surface area contributed by atoms with Gasteiger partial charge >= 0.3 is 0 Å². The van der Waals surface area contributed by atoms with Crippen molar-refractivity contribution in [3.05, 3.63) is 29.8 Å². The first-order valence-electron chi connectivity index (χ1n) is 6.27. The zero-order valence-corrected chi connectivity index (χ0v) is 10.8. The van der Waals surface area contributed by atoms with E-state index in [0.29, 0.717) is 6.61 Å². The lowest BCUT2D eigenvalue weighted by atomic mass is 10.1. The highest BCUT2D eigenvalue weighted by Gasteiger charge is 2.25. The Kier molecular flexibility index (Phi) is 4.20. The third-order valence-corrected chi connectivity index (χ3v) is 3.19. The van der Waals surface area contributed by atoms with Crippen molar-refractivity contribution in [2.24, 2.45) is 0 Å². The van der Waals surface area contributed by atoms with Gasteiger partial charge in [0.2, 0.25) is 5.91 Å². The molecule has 0 bridgehead atoms. The van der Waals surface area contributed by atoms with Gasteiger partial charge < -0.3 is 14.8 Å². The van der Waals surface area contributed by atoms with Crippen LogP contribution in [0.3, 0.4) is 0 Å². The molecule has 1 N–H and O–H groups in total. The van der Waals surface area contributed by atoms with Crippen molar-refractivity contribution in [2.45, 2.75) is 31.9 Å². The molecular weight excluding hydrogens is 230 g/mol. The number of carbonyl (C=O) groups is 1. The molecule has 2 atom stereocenters. The van der Waals surface area contributed by atoms with Crippen molar-refractivity contribution in [1.29, 1.82) is 0 Å². The molecule has 0 aromatic heterocycles. The number of carbonyl (C=O) groups excluding carboxylic acids is 1. The summed E-state index contributed by atoms with van der Waals surface area (Å²) in [5.41, 5.74) is 0.978. The maximum absolute atomic E-state index is 12.0. The zero-order chi connectivity index (χ0) is 13.0. The van der Waals surface area contributed by atoms with Gasteiger partial charge in [-0.05, 0) is 25.8 Å². The normalized spacial score (nSPS) is 20.4. The minimum absolute atomic E-state index is 0.0362. The second kappa shape index (κ2) is 5.87. The summed E-state index contributed by atoms with van der Waals surface area (Å²) in [6.45, 7) is 2.63. The lowest BCUT2D eigenvalue weighted by Gasteiger charge is -2.19. The molecule has 1 aromatic rings. The molecule has 2 rings (SSSR count). The van der Waals surface area contributed by atoms with E-state index in [4.69, 9.17) is 9.47 Å². The fourth-order valence-corrected chi connectivity index (χ4v) is 2.19. The molecule has 4 nitrogen and oxygen atoms in total. The molecule has 1 amide bonds. The minimum atomic E-state index is -0.290. The van der Waals surface area contributed by atoms with Crippen LogP contribution in [0.1, 0.15) is 31.4 Å². The van der Waals surface area contributed by atoms with E-state index in [1.54, 1.807) is 7.11 Å². The molecule has 4 heteroatoms. The predicted molar refractivity (Wildman–Crippen MR) is 68.5 cm³/mol. The van der Waals surface area contributed by atoms with Crippen LogP contribution >= 0.6 is 0 Å². The smallest absolute Gasteiger partial charge is 0.249 e. The molecule has 98 valence electrons. The third-order valence-electron chi connectivity index (χ3n) is 3.19. The highest BCUT2D eigenvalue weighted by atomic mass is 16.5. The van der Waals surface area contributed by atoms with Crippen LogP contribution in [-0.2, 0) is 9.53 Å². The van der Waals surface area contributed by atoms with Crippen molar-refractivity contribution < 1.29 is 14.3 Å². The van der Waals surface area contributed by atoms with Crippen LogP contribution in [0.15, 0.2) is 24.3 Å². The average Bonchev–Trinajstić information content (AvgIpc) is 2.92. The number of hydrogen-bond donors (Lipinski definition) is 1. The lowest BCUT2D eigenvalue weighted by molar-refractivity contribution is -0.130. The first-order chi connectivity index (χ1) is 8.72. The Morgan fingerprint density at radius 3 is 2.94 bits per heavy atom. The standard InChI is InChI=1S/C14H19NO3/c1-10(11-6-3-4-7-12(11)17-2)15-14(16)13-8-5-9-18-13/h3-4,6-7,10,13H,5,8-9H2,1-2H3,(H,15,16)/t10-,13-/m1/s1. The van der Waals surface area contributed by atoms with E-state index in [1.807, 2.05) is 31.2 Å². The molecule has 0 saturated carbocycles. The van der Waals surface area contributed by atoms with Gasteiger partial charge in [0, 0.05) is 12.2 Å². The van der Waals surface area contributed by atoms with Crippen molar-refractivity contribution in [3.8, 4) is 5.75 Å². The molecule has 1 saturated heterocycles. The molecule has 0 spiro atoms. The van der Waals surface area contributed by atoms with Crippen molar-refractivity contribution in [3.63, 3.8) is 0 Å². The summed E-state index contributed by atoms with van der Waals surface area (Å²) < 4.78 is 10.7. The molecule has 1 aliphatic rings. The van der Waals surface area contributed by atoms with E-state index < -0.39 is 0 Å². The Hall–Kier alpha value is -1.55. The summed E-state index contributed by atoms with van der Waals surface area (Å²) in [6, 6.07) is 7.62.